The number of hydrogen-bond acceptors (Lipinski definition) is 2. The van der Waals surface area contributed by atoms with Crippen molar-refractivity contribution in [2.75, 3.05) is 12.3 Å². The molecule has 2 heteroatoms. The molecule has 0 bridgehead atoms. The third-order valence-corrected chi connectivity index (χ3v) is 4.35. The average molecular weight is 266 g/mol. The molecule has 3 rings (SSSR count). The Morgan fingerprint density at radius 3 is 2.55 bits per heavy atom. The lowest BCUT2D eigenvalue weighted by Gasteiger charge is -2.30. The van der Waals surface area contributed by atoms with Gasteiger partial charge in [-0.25, -0.2) is 0 Å². The molecule has 1 aliphatic heterocycles. The first-order valence-electron chi connectivity index (χ1n) is 7.28. The molecule has 0 radical (unpaired) electrons. The van der Waals surface area contributed by atoms with Gasteiger partial charge in [-0.3, -0.25) is 4.90 Å². The number of nitrogens with two attached hydrogens (primary N) is 1. The first-order chi connectivity index (χ1) is 9.63. The Bertz CT molecular complexity index is 611. The van der Waals surface area contributed by atoms with Crippen LogP contribution in [0.25, 0.3) is 0 Å². The molecule has 0 saturated heterocycles. The van der Waals surface area contributed by atoms with Crippen molar-refractivity contribution in [3.8, 4) is 0 Å². The van der Waals surface area contributed by atoms with E-state index in [-0.39, 0.29) is 0 Å². The summed E-state index contributed by atoms with van der Waals surface area (Å²) in [5, 5.41) is 0. The molecule has 0 amide bonds. The Hall–Kier alpha value is -1.80. The van der Waals surface area contributed by atoms with Crippen LogP contribution < -0.4 is 5.73 Å². The number of nitrogen functional groups attached to an aromatic ring is 1. The van der Waals surface area contributed by atoms with Crippen molar-refractivity contribution < 1.29 is 0 Å². The highest BCUT2D eigenvalue weighted by Crippen LogP contribution is 2.24. The first kappa shape index (κ1) is 13.2. The molecular formula is C18H22N2. The SMILES string of the molecule is Cc1cccc(C)c1CN1CCc2ccc(N)cc2C1. The van der Waals surface area contributed by atoms with Crippen molar-refractivity contribution in [3.05, 3.63) is 64.2 Å². The van der Waals surface area contributed by atoms with Gasteiger partial charge in [-0.2, -0.15) is 0 Å². The number of aryl methyl sites for hydroxylation is 2. The van der Waals surface area contributed by atoms with Crippen LogP contribution in [0, 0.1) is 13.8 Å². The summed E-state index contributed by atoms with van der Waals surface area (Å²) in [6, 6.07) is 12.9. The predicted molar refractivity (Wildman–Crippen MR) is 84.6 cm³/mol. The predicted octanol–water partition coefficient (Wildman–Crippen LogP) is 3.44. The van der Waals surface area contributed by atoms with Gasteiger partial charge in [0.15, 0.2) is 0 Å². The van der Waals surface area contributed by atoms with Gasteiger partial charge in [-0.1, -0.05) is 24.3 Å². The number of anilines is 1. The molecule has 2 aromatic carbocycles. The molecule has 0 fully saturated rings. The smallest absolute Gasteiger partial charge is 0.0317 e. The van der Waals surface area contributed by atoms with Crippen molar-refractivity contribution >= 4 is 5.69 Å². The Labute approximate surface area is 121 Å². The van der Waals surface area contributed by atoms with E-state index in [0.29, 0.717) is 0 Å². The molecule has 20 heavy (non-hydrogen) atoms. The van der Waals surface area contributed by atoms with E-state index >= 15 is 0 Å². The largest absolute Gasteiger partial charge is 0.399 e. The normalized spacial score (nSPS) is 15.1. The summed E-state index contributed by atoms with van der Waals surface area (Å²) in [5.74, 6) is 0. The van der Waals surface area contributed by atoms with E-state index in [1.54, 1.807) is 0 Å². The summed E-state index contributed by atoms with van der Waals surface area (Å²) >= 11 is 0. The van der Waals surface area contributed by atoms with Gasteiger partial charge in [0.1, 0.15) is 0 Å². The second kappa shape index (κ2) is 5.29. The van der Waals surface area contributed by atoms with Crippen LogP contribution in [0.3, 0.4) is 0 Å². The number of fused-ring (bicyclic) bond motifs is 1. The molecule has 2 aromatic rings. The molecule has 0 saturated carbocycles. The highest BCUT2D eigenvalue weighted by Gasteiger charge is 2.17. The van der Waals surface area contributed by atoms with Gasteiger partial charge in [-0.15, -0.1) is 0 Å². The van der Waals surface area contributed by atoms with Gasteiger partial charge in [0.2, 0.25) is 0 Å². The monoisotopic (exact) mass is 266 g/mol. The first-order valence-corrected chi connectivity index (χ1v) is 7.28. The van der Waals surface area contributed by atoms with E-state index in [4.69, 9.17) is 5.73 Å². The summed E-state index contributed by atoms with van der Waals surface area (Å²) < 4.78 is 0. The quantitative estimate of drug-likeness (QED) is 0.844. The maximum absolute atomic E-state index is 5.91. The van der Waals surface area contributed by atoms with Crippen LogP contribution >= 0.6 is 0 Å². The topological polar surface area (TPSA) is 29.3 Å². The molecule has 0 atom stereocenters. The van der Waals surface area contributed by atoms with E-state index in [2.05, 4.69) is 49.1 Å². The molecular weight excluding hydrogens is 244 g/mol. The minimum absolute atomic E-state index is 0.873. The van der Waals surface area contributed by atoms with E-state index in [1.165, 1.54) is 27.8 Å². The standard InChI is InChI=1S/C18H22N2/c1-13-4-3-5-14(2)18(13)12-20-9-8-15-6-7-17(19)10-16(15)11-20/h3-7,10H,8-9,11-12,19H2,1-2H3. The molecule has 2 nitrogen and oxygen atoms in total. The molecule has 1 heterocycles. The van der Waals surface area contributed by atoms with E-state index in [1.807, 2.05) is 6.07 Å². The van der Waals surface area contributed by atoms with Crippen molar-refractivity contribution in [1.29, 1.82) is 0 Å². The van der Waals surface area contributed by atoms with E-state index < -0.39 is 0 Å². The Balaban J connectivity index is 1.81. The zero-order valence-corrected chi connectivity index (χ0v) is 12.3. The zero-order chi connectivity index (χ0) is 14.1. The Kier molecular flexibility index (Phi) is 3.49. The van der Waals surface area contributed by atoms with Crippen LogP contribution in [-0.4, -0.2) is 11.4 Å². The third kappa shape index (κ3) is 2.56. The van der Waals surface area contributed by atoms with E-state index in [0.717, 1.165) is 31.7 Å². The van der Waals surface area contributed by atoms with Gasteiger partial charge in [0.05, 0.1) is 0 Å². The zero-order valence-electron chi connectivity index (χ0n) is 12.3. The van der Waals surface area contributed by atoms with Gasteiger partial charge in [0.25, 0.3) is 0 Å². The lowest BCUT2D eigenvalue weighted by molar-refractivity contribution is 0.244. The molecule has 0 spiro atoms. The lowest BCUT2D eigenvalue weighted by atomic mass is 9.97. The molecule has 0 unspecified atom stereocenters. The summed E-state index contributed by atoms with van der Waals surface area (Å²) in [6.45, 7) is 7.59. The fourth-order valence-corrected chi connectivity index (χ4v) is 3.09. The van der Waals surface area contributed by atoms with Crippen LogP contribution in [-0.2, 0) is 19.5 Å². The minimum atomic E-state index is 0.873. The van der Waals surface area contributed by atoms with Gasteiger partial charge < -0.3 is 5.73 Å². The van der Waals surface area contributed by atoms with Crippen LogP contribution in [0.5, 0.6) is 0 Å². The van der Waals surface area contributed by atoms with Crippen LogP contribution in [0.2, 0.25) is 0 Å². The fourth-order valence-electron chi connectivity index (χ4n) is 3.09. The van der Waals surface area contributed by atoms with Gasteiger partial charge in [-0.05, 0) is 60.2 Å². The molecule has 0 aliphatic carbocycles. The van der Waals surface area contributed by atoms with Crippen molar-refractivity contribution in [2.45, 2.75) is 33.4 Å². The maximum Gasteiger partial charge on any atom is 0.0317 e. The summed E-state index contributed by atoms with van der Waals surface area (Å²) in [4.78, 5) is 2.52. The maximum atomic E-state index is 5.91. The number of nitrogens with zero attached hydrogens (tertiary/aromatic N) is 1. The third-order valence-electron chi connectivity index (χ3n) is 4.35. The lowest BCUT2D eigenvalue weighted by Crippen LogP contribution is -2.30. The average Bonchev–Trinajstić information content (AvgIpc) is 2.42. The molecule has 0 aromatic heterocycles. The van der Waals surface area contributed by atoms with Crippen LogP contribution in [0.15, 0.2) is 36.4 Å². The summed E-state index contributed by atoms with van der Waals surface area (Å²) in [5.41, 5.74) is 13.9. The second-order valence-electron chi connectivity index (χ2n) is 5.86. The number of rotatable bonds is 2. The highest BCUT2D eigenvalue weighted by molar-refractivity contribution is 5.45. The van der Waals surface area contributed by atoms with Crippen molar-refractivity contribution in [2.24, 2.45) is 0 Å². The van der Waals surface area contributed by atoms with Gasteiger partial charge in [0, 0.05) is 25.3 Å². The minimum Gasteiger partial charge on any atom is -0.399 e. The second-order valence-corrected chi connectivity index (χ2v) is 5.86. The van der Waals surface area contributed by atoms with E-state index in [9.17, 15) is 0 Å². The van der Waals surface area contributed by atoms with Crippen molar-refractivity contribution in [1.82, 2.24) is 4.90 Å². The Morgan fingerprint density at radius 1 is 1.05 bits per heavy atom. The fraction of sp³-hybridized carbons (Fsp3) is 0.333. The molecule has 104 valence electrons. The summed E-state index contributed by atoms with van der Waals surface area (Å²) in [6.07, 6.45) is 1.13. The highest BCUT2D eigenvalue weighted by atomic mass is 15.1. The molecule has 1 aliphatic rings. The molecule has 2 N–H and O–H groups in total. The number of benzene rings is 2. The van der Waals surface area contributed by atoms with Crippen LogP contribution in [0.4, 0.5) is 5.69 Å². The van der Waals surface area contributed by atoms with Crippen LogP contribution in [0.1, 0.15) is 27.8 Å². The van der Waals surface area contributed by atoms with Gasteiger partial charge >= 0.3 is 0 Å². The Morgan fingerprint density at radius 2 is 1.80 bits per heavy atom. The van der Waals surface area contributed by atoms with Crippen molar-refractivity contribution in [3.63, 3.8) is 0 Å². The number of hydrogen-bond donors (Lipinski definition) is 1. The summed E-state index contributed by atoms with van der Waals surface area (Å²) in [7, 11) is 0.